The van der Waals surface area contributed by atoms with Gasteiger partial charge in [-0.05, 0) is 33.1 Å². The number of likely N-dealkylation sites (tertiary alicyclic amines) is 1. The summed E-state index contributed by atoms with van der Waals surface area (Å²) in [6, 6.07) is 13.7. The number of pyridine rings is 1. The monoisotopic (exact) mass is 346 g/mol. The third-order valence-electron chi connectivity index (χ3n) is 3.57. The summed E-state index contributed by atoms with van der Waals surface area (Å²) in [7, 11) is 0. The van der Waals surface area contributed by atoms with Crippen LogP contribution >= 0.6 is 15.9 Å². The summed E-state index contributed by atoms with van der Waals surface area (Å²) in [4.78, 5) is 17.8. The molecule has 0 N–H and O–H groups in total. The molecule has 108 valence electrons. The van der Waals surface area contributed by atoms with Gasteiger partial charge in [0, 0.05) is 25.2 Å². The van der Waals surface area contributed by atoms with Gasteiger partial charge in [-0.2, -0.15) is 0 Å². The molecule has 0 bridgehead atoms. The van der Waals surface area contributed by atoms with Gasteiger partial charge in [-0.25, -0.2) is 9.78 Å². The van der Waals surface area contributed by atoms with Gasteiger partial charge in [0.05, 0.1) is 0 Å². The lowest BCUT2D eigenvalue weighted by Gasteiger charge is -2.38. The number of hydrogen-bond donors (Lipinski definition) is 0. The number of halogens is 1. The molecule has 1 saturated heterocycles. The summed E-state index contributed by atoms with van der Waals surface area (Å²) in [5.41, 5.74) is 2.16. The molecular weight excluding hydrogens is 332 g/mol. The van der Waals surface area contributed by atoms with Crippen LogP contribution in [0.2, 0.25) is 0 Å². The lowest BCUT2D eigenvalue weighted by atomic mass is 9.93. The molecule has 3 rings (SSSR count). The van der Waals surface area contributed by atoms with E-state index in [0.717, 1.165) is 15.7 Å². The maximum absolute atomic E-state index is 11.9. The molecule has 1 amide bonds. The Morgan fingerprint density at radius 2 is 2.00 bits per heavy atom. The van der Waals surface area contributed by atoms with Crippen LogP contribution in [0, 0.1) is 0 Å². The Kier molecular flexibility index (Phi) is 4.20. The van der Waals surface area contributed by atoms with E-state index in [1.807, 2.05) is 48.7 Å². The zero-order valence-corrected chi connectivity index (χ0v) is 13.0. The van der Waals surface area contributed by atoms with Gasteiger partial charge in [0.1, 0.15) is 11.2 Å². The van der Waals surface area contributed by atoms with E-state index in [1.54, 1.807) is 4.90 Å². The van der Waals surface area contributed by atoms with Crippen LogP contribution in [0.5, 0.6) is 0 Å². The fourth-order valence-corrected chi connectivity index (χ4v) is 2.51. The minimum atomic E-state index is -0.250. The Balaban J connectivity index is 1.47. The van der Waals surface area contributed by atoms with E-state index < -0.39 is 0 Å². The Hall–Kier alpha value is -1.88. The van der Waals surface area contributed by atoms with E-state index in [0.29, 0.717) is 25.6 Å². The zero-order valence-electron chi connectivity index (χ0n) is 11.4. The highest BCUT2D eigenvalue weighted by atomic mass is 79.9. The Morgan fingerprint density at radius 3 is 2.67 bits per heavy atom. The van der Waals surface area contributed by atoms with Crippen molar-refractivity contribution >= 4 is 22.0 Å². The van der Waals surface area contributed by atoms with Crippen molar-refractivity contribution in [3.05, 3.63) is 64.4 Å². The van der Waals surface area contributed by atoms with Crippen LogP contribution in [-0.4, -0.2) is 29.1 Å². The van der Waals surface area contributed by atoms with Crippen LogP contribution in [0.3, 0.4) is 0 Å². The molecule has 1 aliphatic rings. The summed E-state index contributed by atoms with van der Waals surface area (Å²) in [6.45, 7) is 1.70. The first-order chi connectivity index (χ1) is 10.2. The van der Waals surface area contributed by atoms with Gasteiger partial charge < -0.3 is 9.64 Å². The maximum Gasteiger partial charge on any atom is 0.410 e. The van der Waals surface area contributed by atoms with Gasteiger partial charge in [0.2, 0.25) is 0 Å². The third kappa shape index (κ3) is 3.42. The molecule has 5 heteroatoms. The highest BCUT2D eigenvalue weighted by Crippen LogP contribution is 2.27. The van der Waals surface area contributed by atoms with E-state index in [4.69, 9.17) is 4.74 Å². The van der Waals surface area contributed by atoms with Crippen molar-refractivity contribution in [3.8, 4) is 0 Å². The molecule has 0 unspecified atom stereocenters. The minimum Gasteiger partial charge on any atom is -0.445 e. The van der Waals surface area contributed by atoms with Gasteiger partial charge in [-0.3, -0.25) is 0 Å². The molecule has 1 aromatic carbocycles. The second-order valence-electron chi connectivity index (χ2n) is 5.06. The van der Waals surface area contributed by atoms with Crippen molar-refractivity contribution in [1.82, 2.24) is 9.88 Å². The molecule has 21 heavy (non-hydrogen) atoms. The molecule has 4 nitrogen and oxygen atoms in total. The Morgan fingerprint density at radius 1 is 1.24 bits per heavy atom. The zero-order chi connectivity index (χ0) is 14.7. The first kappa shape index (κ1) is 14.1. The normalized spacial score (nSPS) is 14.6. The number of nitrogens with zero attached hydrogens (tertiary/aromatic N) is 2. The molecule has 1 aliphatic heterocycles. The van der Waals surface area contributed by atoms with Gasteiger partial charge in [-0.15, -0.1) is 0 Å². The fourth-order valence-electron chi connectivity index (χ4n) is 2.28. The van der Waals surface area contributed by atoms with Gasteiger partial charge >= 0.3 is 6.09 Å². The van der Waals surface area contributed by atoms with E-state index >= 15 is 0 Å². The first-order valence-corrected chi connectivity index (χ1v) is 7.59. The lowest BCUT2D eigenvalue weighted by Crippen LogP contribution is -2.48. The average molecular weight is 347 g/mol. The van der Waals surface area contributed by atoms with Crippen molar-refractivity contribution in [2.24, 2.45) is 0 Å². The molecule has 0 saturated carbocycles. The Labute approximate surface area is 131 Å². The first-order valence-electron chi connectivity index (χ1n) is 6.79. The summed E-state index contributed by atoms with van der Waals surface area (Å²) < 4.78 is 6.12. The van der Waals surface area contributed by atoms with E-state index in [-0.39, 0.29) is 6.09 Å². The topological polar surface area (TPSA) is 42.4 Å². The molecule has 2 heterocycles. The summed E-state index contributed by atoms with van der Waals surface area (Å²) in [6.07, 6.45) is 1.60. The molecule has 0 aliphatic carbocycles. The van der Waals surface area contributed by atoms with E-state index in [9.17, 15) is 4.79 Å². The summed E-state index contributed by atoms with van der Waals surface area (Å²) >= 11 is 3.32. The van der Waals surface area contributed by atoms with Crippen molar-refractivity contribution in [3.63, 3.8) is 0 Å². The molecule has 1 fully saturated rings. The standard InChI is InChI=1S/C16H15BrN2O2/c17-15-7-6-13(8-18-15)14-9-19(10-14)16(20)21-11-12-4-2-1-3-5-12/h1-8,14H,9-11H2. The lowest BCUT2D eigenvalue weighted by molar-refractivity contribution is 0.0663. The van der Waals surface area contributed by atoms with Crippen LogP contribution in [0.25, 0.3) is 0 Å². The van der Waals surface area contributed by atoms with E-state index in [1.165, 1.54) is 0 Å². The quantitative estimate of drug-likeness (QED) is 0.797. The number of hydrogen-bond acceptors (Lipinski definition) is 3. The van der Waals surface area contributed by atoms with Gasteiger partial charge in [0.15, 0.2) is 0 Å². The van der Waals surface area contributed by atoms with Crippen molar-refractivity contribution in [2.45, 2.75) is 12.5 Å². The van der Waals surface area contributed by atoms with Gasteiger partial charge in [0.25, 0.3) is 0 Å². The van der Waals surface area contributed by atoms with Crippen molar-refractivity contribution < 1.29 is 9.53 Å². The van der Waals surface area contributed by atoms with Crippen LogP contribution < -0.4 is 0 Å². The van der Waals surface area contributed by atoms with Crippen molar-refractivity contribution in [2.75, 3.05) is 13.1 Å². The number of carbonyl (C=O) groups is 1. The predicted octanol–water partition coefficient (Wildman–Crippen LogP) is 3.58. The van der Waals surface area contributed by atoms with E-state index in [2.05, 4.69) is 20.9 Å². The number of ether oxygens (including phenoxy) is 1. The molecule has 0 radical (unpaired) electrons. The maximum atomic E-state index is 11.9. The number of rotatable bonds is 3. The smallest absolute Gasteiger partial charge is 0.410 e. The van der Waals surface area contributed by atoms with Gasteiger partial charge in [-0.1, -0.05) is 36.4 Å². The van der Waals surface area contributed by atoms with Crippen LogP contribution in [-0.2, 0) is 11.3 Å². The number of amides is 1. The number of benzene rings is 1. The predicted molar refractivity (Wildman–Crippen MR) is 82.9 cm³/mol. The molecule has 0 atom stereocenters. The second kappa shape index (κ2) is 6.26. The second-order valence-corrected chi connectivity index (χ2v) is 5.87. The molecular formula is C16H15BrN2O2. The number of aromatic nitrogens is 1. The van der Waals surface area contributed by atoms with Crippen LogP contribution in [0.4, 0.5) is 4.79 Å². The number of carbonyl (C=O) groups excluding carboxylic acids is 1. The minimum absolute atomic E-state index is 0.250. The Bertz CT molecular complexity index is 610. The largest absolute Gasteiger partial charge is 0.445 e. The molecule has 0 spiro atoms. The highest BCUT2D eigenvalue weighted by molar-refractivity contribution is 9.10. The highest BCUT2D eigenvalue weighted by Gasteiger charge is 2.32. The van der Waals surface area contributed by atoms with Crippen LogP contribution in [0.15, 0.2) is 53.3 Å². The average Bonchev–Trinajstić information content (AvgIpc) is 2.47. The fraction of sp³-hybridized carbons (Fsp3) is 0.250. The van der Waals surface area contributed by atoms with Crippen LogP contribution in [0.1, 0.15) is 17.0 Å². The SMILES string of the molecule is O=C(OCc1ccccc1)N1CC(c2ccc(Br)nc2)C1. The molecule has 1 aromatic heterocycles. The van der Waals surface area contributed by atoms with Crippen molar-refractivity contribution in [1.29, 1.82) is 0 Å². The summed E-state index contributed by atoms with van der Waals surface area (Å²) in [5, 5.41) is 0. The molecule has 2 aromatic rings. The third-order valence-corrected chi connectivity index (χ3v) is 4.04. The summed E-state index contributed by atoms with van der Waals surface area (Å²) in [5.74, 6) is 0.356.